The molecule has 0 spiro atoms. The number of rotatable bonds is 0. The van der Waals surface area contributed by atoms with Gasteiger partial charge in [0.2, 0.25) is 6.79 Å². The molecular weight excluding hydrogens is 132 g/mol. The third kappa shape index (κ3) is 2.96. The average molecular weight is 142 g/mol. The van der Waals surface area contributed by atoms with Gasteiger partial charge in [0.15, 0.2) is 0 Å². The van der Waals surface area contributed by atoms with E-state index in [1.165, 1.54) is 12.5 Å². The van der Waals surface area contributed by atoms with Gasteiger partial charge in [-0.2, -0.15) is 0 Å². The molecule has 0 aromatic heterocycles. The van der Waals surface area contributed by atoms with Crippen LogP contribution < -0.4 is 5.32 Å². The maximum Gasteiger partial charge on any atom is 0.229 e. The summed E-state index contributed by atoms with van der Waals surface area (Å²) < 4.78 is 9.08. The lowest BCUT2D eigenvalue weighted by Gasteiger charge is -1.82. The van der Waals surface area contributed by atoms with E-state index < -0.39 is 0 Å². The molecule has 0 aliphatic carbocycles. The van der Waals surface area contributed by atoms with E-state index in [0.29, 0.717) is 6.79 Å². The fraction of sp³-hybridized carbons (Fsp3) is 0.500. The molecule has 4 heteroatoms. The van der Waals surface area contributed by atoms with Crippen molar-refractivity contribution in [2.24, 2.45) is 4.99 Å². The Balaban J connectivity index is 0.0000001000. The highest BCUT2D eigenvalue weighted by Crippen LogP contribution is 1.88. The Bertz CT molecular complexity index is 106. The van der Waals surface area contributed by atoms with Gasteiger partial charge in [0.05, 0.1) is 12.9 Å². The molecule has 2 rings (SSSR count). The standard InChI is InChI=1S/C3H6N2.C3H4O2/c2*1-2-5-3-4-1/h3H,1-2H2,(H,4,5);1-2H,3H2. The normalized spacial score (nSPS) is 18.4. The zero-order chi connectivity index (χ0) is 7.07. The van der Waals surface area contributed by atoms with E-state index in [4.69, 9.17) is 0 Å². The minimum atomic E-state index is 0.389. The Hall–Kier alpha value is -1.19. The Morgan fingerprint density at radius 3 is 2.30 bits per heavy atom. The fourth-order valence-electron chi connectivity index (χ4n) is 0.519. The summed E-state index contributed by atoms with van der Waals surface area (Å²) in [6, 6.07) is 0. The van der Waals surface area contributed by atoms with Gasteiger partial charge < -0.3 is 14.8 Å². The Morgan fingerprint density at radius 2 is 2.10 bits per heavy atom. The Labute approximate surface area is 59.5 Å². The average Bonchev–Trinajstić information content (AvgIpc) is 2.67. The lowest BCUT2D eigenvalue weighted by atomic mass is 10.7. The van der Waals surface area contributed by atoms with Crippen LogP contribution in [0.1, 0.15) is 0 Å². The van der Waals surface area contributed by atoms with E-state index in [9.17, 15) is 0 Å². The second-order valence-corrected chi connectivity index (χ2v) is 1.71. The number of nitrogens with one attached hydrogen (secondary N) is 1. The quantitative estimate of drug-likeness (QED) is 0.521. The second-order valence-electron chi connectivity index (χ2n) is 1.71. The molecule has 1 N–H and O–H groups in total. The first-order valence-electron chi connectivity index (χ1n) is 3.10. The summed E-state index contributed by atoms with van der Waals surface area (Å²) in [6.07, 6.45) is 4.76. The van der Waals surface area contributed by atoms with Gasteiger partial charge in [-0.05, 0) is 0 Å². The van der Waals surface area contributed by atoms with Crippen molar-refractivity contribution in [3.8, 4) is 0 Å². The summed E-state index contributed by atoms with van der Waals surface area (Å²) in [5.74, 6) is 0. The van der Waals surface area contributed by atoms with Gasteiger partial charge in [-0.1, -0.05) is 0 Å². The SMILES string of the molecule is C1=COCO1.C1=NCCN1. The second kappa shape index (κ2) is 4.67. The van der Waals surface area contributed by atoms with Gasteiger partial charge >= 0.3 is 0 Å². The summed E-state index contributed by atoms with van der Waals surface area (Å²) in [7, 11) is 0. The van der Waals surface area contributed by atoms with Crippen LogP contribution in [0, 0.1) is 0 Å². The lowest BCUT2D eigenvalue weighted by Crippen LogP contribution is -2.04. The molecule has 2 aliphatic rings. The fourth-order valence-corrected chi connectivity index (χ4v) is 0.519. The predicted molar refractivity (Wildman–Crippen MR) is 37.5 cm³/mol. The number of aliphatic imine (C=N–C) groups is 1. The number of hydrogen-bond donors (Lipinski definition) is 1. The van der Waals surface area contributed by atoms with Gasteiger partial charge in [-0.25, -0.2) is 0 Å². The van der Waals surface area contributed by atoms with E-state index >= 15 is 0 Å². The van der Waals surface area contributed by atoms with Crippen LogP contribution in [0.5, 0.6) is 0 Å². The lowest BCUT2D eigenvalue weighted by molar-refractivity contribution is 0.0920. The van der Waals surface area contributed by atoms with Crippen molar-refractivity contribution >= 4 is 6.34 Å². The Kier molecular flexibility index (Phi) is 3.23. The topological polar surface area (TPSA) is 42.9 Å². The van der Waals surface area contributed by atoms with Crippen LogP contribution in [0.15, 0.2) is 17.5 Å². The molecule has 0 amide bonds. The summed E-state index contributed by atoms with van der Waals surface area (Å²) in [6.45, 7) is 2.38. The maximum atomic E-state index is 4.54. The van der Waals surface area contributed by atoms with Gasteiger partial charge in [-0.15, -0.1) is 0 Å². The van der Waals surface area contributed by atoms with Crippen molar-refractivity contribution in [3.63, 3.8) is 0 Å². The highest BCUT2D eigenvalue weighted by molar-refractivity contribution is 5.56. The summed E-state index contributed by atoms with van der Waals surface area (Å²) in [4.78, 5) is 3.85. The summed E-state index contributed by atoms with van der Waals surface area (Å²) in [5, 5.41) is 2.93. The molecule has 0 fully saturated rings. The predicted octanol–water partition coefficient (Wildman–Crippen LogP) is 0.0798. The largest absolute Gasteiger partial charge is 0.462 e. The number of nitrogens with zero attached hydrogens (tertiary/aromatic N) is 1. The molecule has 0 saturated heterocycles. The third-order valence-corrected chi connectivity index (χ3v) is 0.952. The van der Waals surface area contributed by atoms with Gasteiger partial charge in [0.1, 0.15) is 12.5 Å². The van der Waals surface area contributed by atoms with Crippen LogP contribution in [-0.2, 0) is 9.47 Å². The van der Waals surface area contributed by atoms with Gasteiger partial charge in [-0.3, -0.25) is 4.99 Å². The van der Waals surface area contributed by atoms with Crippen molar-refractivity contribution < 1.29 is 9.47 Å². The molecule has 0 atom stereocenters. The maximum absolute atomic E-state index is 4.54. The van der Waals surface area contributed by atoms with Crippen molar-refractivity contribution in [3.05, 3.63) is 12.5 Å². The van der Waals surface area contributed by atoms with Gasteiger partial charge in [0.25, 0.3) is 0 Å². The van der Waals surface area contributed by atoms with E-state index in [1.807, 2.05) is 0 Å². The smallest absolute Gasteiger partial charge is 0.229 e. The number of hydrogen-bond acceptors (Lipinski definition) is 4. The monoisotopic (exact) mass is 142 g/mol. The summed E-state index contributed by atoms with van der Waals surface area (Å²) in [5.41, 5.74) is 0. The van der Waals surface area contributed by atoms with Crippen molar-refractivity contribution in [1.82, 2.24) is 5.32 Å². The van der Waals surface area contributed by atoms with E-state index in [0.717, 1.165) is 13.1 Å². The van der Waals surface area contributed by atoms with E-state index in [1.54, 1.807) is 6.34 Å². The van der Waals surface area contributed by atoms with E-state index in [-0.39, 0.29) is 0 Å². The molecule has 0 unspecified atom stereocenters. The molecule has 0 bridgehead atoms. The molecule has 10 heavy (non-hydrogen) atoms. The van der Waals surface area contributed by atoms with Crippen molar-refractivity contribution in [1.29, 1.82) is 0 Å². The van der Waals surface area contributed by atoms with Crippen LogP contribution in [-0.4, -0.2) is 26.2 Å². The highest BCUT2D eigenvalue weighted by atomic mass is 16.7. The third-order valence-electron chi connectivity index (χ3n) is 0.952. The van der Waals surface area contributed by atoms with Crippen LogP contribution in [0.2, 0.25) is 0 Å². The minimum Gasteiger partial charge on any atom is -0.462 e. The van der Waals surface area contributed by atoms with Gasteiger partial charge in [0, 0.05) is 6.54 Å². The summed E-state index contributed by atoms with van der Waals surface area (Å²) >= 11 is 0. The first-order valence-corrected chi connectivity index (χ1v) is 3.10. The molecular formula is C6H10N2O2. The molecule has 0 aromatic carbocycles. The van der Waals surface area contributed by atoms with Crippen molar-refractivity contribution in [2.75, 3.05) is 19.9 Å². The Morgan fingerprint density at radius 1 is 1.30 bits per heavy atom. The molecule has 0 aromatic rings. The van der Waals surface area contributed by atoms with Crippen LogP contribution in [0.4, 0.5) is 0 Å². The van der Waals surface area contributed by atoms with Crippen LogP contribution in [0.25, 0.3) is 0 Å². The minimum absolute atomic E-state index is 0.389. The highest BCUT2D eigenvalue weighted by Gasteiger charge is 1.82. The first-order chi connectivity index (χ1) is 5.00. The van der Waals surface area contributed by atoms with Crippen LogP contribution in [0.3, 0.4) is 0 Å². The molecule has 0 radical (unpaired) electrons. The van der Waals surface area contributed by atoms with E-state index in [2.05, 4.69) is 19.8 Å². The molecule has 2 heterocycles. The molecule has 56 valence electrons. The number of ether oxygens (including phenoxy) is 2. The molecule has 2 aliphatic heterocycles. The van der Waals surface area contributed by atoms with Crippen LogP contribution >= 0.6 is 0 Å². The van der Waals surface area contributed by atoms with Crippen molar-refractivity contribution in [2.45, 2.75) is 0 Å². The first kappa shape index (κ1) is 6.92. The zero-order valence-corrected chi connectivity index (χ0v) is 5.62. The molecule has 4 nitrogen and oxygen atoms in total. The zero-order valence-electron chi connectivity index (χ0n) is 5.62. The molecule has 0 saturated carbocycles.